The molecular weight excluding hydrogens is 514 g/mol. The molecule has 3 aromatic carbocycles. The molecule has 0 fully saturated rings. The first-order chi connectivity index (χ1) is 19.7. The Morgan fingerprint density at radius 2 is 1.29 bits per heavy atom. The van der Waals surface area contributed by atoms with Gasteiger partial charge in [-0.25, -0.2) is 0 Å². The minimum atomic E-state index is -0.335. The predicted molar refractivity (Wildman–Crippen MR) is 164 cm³/mol. The van der Waals surface area contributed by atoms with Gasteiger partial charge in [0.1, 0.15) is 18.1 Å². The molecule has 0 radical (unpaired) electrons. The van der Waals surface area contributed by atoms with E-state index in [1.54, 1.807) is 0 Å². The first-order valence-electron chi connectivity index (χ1n) is 14.6. The van der Waals surface area contributed by atoms with Crippen LogP contribution in [-0.2, 0) is 28.0 Å². The summed E-state index contributed by atoms with van der Waals surface area (Å²) in [5, 5.41) is 2.73. The molecule has 0 aliphatic rings. The van der Waals surface area contributed by atoms with E-state index >= 15 is 0 Å². The van der Waals surface area contributed by atoms with Gasteiger partial charge in [0.05, 0.1) is 20.1 Å². The molecule has 0 bridgehead atoms. The number of ether oxygens (including phenoxy) is 3. The van der Waals surface area contributed by atoms with Crippen molar-refractivity contribution in [3.05, 3.63) is 95.1 Å². The molecule has 3 rings (SSSR count). The normalized spacial score (nSPS) is 11.1. The summed E-state index contributed by atoms with van der Waals surface area (Å²) in [7, 11) is 1.34. The van der Waals surface area contributed by atoms with Crippen LogP contribution in [0.4, 0.5) is 0 Å². The quantitative estimate of drug-likeness (QED) is 0.146. The van der Waals surface area contributed by atoms with E-state index in [9.17, 15) is 9.59 Å². The maximum atomic E-state index is 12.1. The van der Waals surface area contributed by atoms with Gasteiger partial charge in [-0.15, -0.1) is 0 Å². The van der Waals surface area contributed by atoms with Gasteiger partial charge < -0.3 is 19.5 Å². The Bertz CT molecular complexity index is 1200. The maximum absolute atomic E-state index is 12.1. The number of carbonyl (C=O) groups is 2. The lowest BCUT2D eigenvalue weighted by Gasteiger charge is -2.19. The van der Waals surface area contributed by atoms with Gasteiger partial charge in [0, 0.05) is 12.1 Å². The fourth-order valence-corrected chi connectivity index (χ4v) is 4.36. The van der Waals surface area contributed by atoms with Crippen LogP contribution in [0.15, 0.2) is 72.8 Å². The smallest absolute Gasteiger partial charge is 0.307 e. The van der Waals surface area contributed by atoms with Crippen molar-refractivity contribution >= 4 is 11.9 Å². The fraction of sp³-hybridized carbons (Fsp3) is 0.429. The van der Waals surface area contributed by atoms with Crippen LogP contribution in [0, 0.1) is 0 Å². The number of hydrogen-bond donors (Lipinski definition) is 1. The highest BCUT2D eigenvalue weighted by atomic mass is 16.5. The van der Waals surface area contributed by atoms with Crippen molar-refractivity contribution in [2.75, 3.05) is 20.3 Å². The number of benzene rings is 3. The van der Waals surface area contributed by atoms with Crippen LogP contribution in [0.3, 0.4) is 0 Å². The molecule has 0 unspecified atom stereocenters. The number of nitrogens with one attached hydrogen (secondary N) is 1. The second kappa shape index (κ2) is 16.5. The molecule has 0 atom stereocenters. The van der Waals surface area contributed by atoms with Crippen LogP contribution in [0.1, 0.15) is 86.3 Å². The summed E-state index contributed by atoms with van der Waals surface area (Å²) in [6, 6.07) is 24.2. The van der Waals surface area contributed by atoms with Crippen molar-refractivity contribution < 1.29 is 23.8 Å². The van der Waals surface area contributed by atoms with Crippen molar-refractivity contribution in [3.63, 3.8) is 0 Å². The molecule has 1 amide bonds. The average Bonchev–Trinajstić information content (AvgIpc) is 2.98. The van der Waals surface area contributed by atoms with Crippen LogP contribution in [0.25, 0.3) is 0 Å². The Labute approximate surface area is 245 Å². The van der Waals surface area contributed by atoms with Crippen LogP contribution in [0.2, 0.25) is 0 Å². The van der Waals surface area contributed by atoms with E-state index in [0.717, 1.165) is 42.7 Å². The third kappa shape index (κ3) is 11.7. The summed E-state index contributed by atoms with van der Waals surface area (Å²) in [5.41, 5.74) is 4.46. The highest BCUT2D eigenvalue weighted by Gasteiger charge is 2.13. The van der Waals surface area contributed by atoms with Crippen LogP contribution in [0.5, 0.6) is 11.5 Å². The van der Waals surface area contributed by atoms with E-state index in [0.29, 0.717) is 18.8 Å². The Kier molecular flexibility index (Phi) is 12.7. The fourth-order valence-electron chi connectivity index (χ4n) is 4.36. The summed E-state index contributed by atoms with van der Waals surface area (Å²) in [4.78, 5) is 23.3. The molecule has 0 saturated heterocycles. The van der Waals surface area contributed by atoms with Crippen molar-refractivity contribution in [1.82, 2.24) is 5.32 Å². The van der Waals surface area contributed by atoms with Gasteiger partial charge in [-0.2, -0.15) is 0 Å². The zero-order valence-electron chi connectivity index (χ0n) is 25.0. The topological polar surface area (TPSA) is 73.9 Å². The van der Waals surface area contributed by atoms with Crippen molar-refractivity contribution in [1.29, 1.82) is 0 Å². The highest BCUT2D eigenvalue weighted by Crippen LogP contribution is 2.23. The number of unbranched alkanes of at least 4 members (excludes halogenated alkanes) is 4. The number of methoxy groups -OCH3 is 1. The van der Waals surface area contributed by atoms with Crippen molar-refractivity contribution in [3.8, 4) is 11.5 Å². The lowest BCUT2D eigenvalue weighted by Crippen LogP contribution is -2.26. The Morgan fingerprint density at radius 1 is 0.707 bits per heavy atom. The maximum Gasteiger partial charge on any atom is 0.307 e. The monoisotopic (exact) mass is 559 g/mol. The lowest BCUT2D eigenvalue weighted by molar-refractivity contribution is -0.140. The Morgan fingerprint density at radius 3 is 1.93 bits per heavy atom. The number of esters is 1. The number of hydrogen-bond acceptors (Lipinski definition) is 5. The molecule has 1 N–H and O–H groups in total. The van der Waals surface area contributed by atoms with Gasteiger partial charge >= 0.3 is 5.97 Å². The van der Waals surface area contributed by atoms with Gasteiger partial charge in [-0.3, -0.25) is 9.59 Å². The molecule has 3 aromatic rings. The molecular formula is C35H45NO5. The molecule has 0 spiro atoms. The molecule has 0 aliphatic carbocycles. The Balaban J connectivity index is 1.23. The molecule has 41 heavy (non-hydrogen) atoms. The van der Waals surface area contributed by atoms with Crippen molar-refractivity contribution in [2.45, 2.75) is 77.7 Å². The number of rotatable bonds is 16. The molecule has 0 saturated carbocycles. The first-order valence-corrected chi connectivity index (χ1v) is 14.6. The minimum absolute atomic E-state index is 0.155. The zero-order valence-corrected chi connectivity index (χ0v) is 25.0. The lowest BCUT2D eigenvalue weighted by atomic mass is 9.87. The Hall–Kier alpha value is -3.80. The third-order valence-electron chi connectivity index (χ3n) is 6.99. The number of amides is 1. The van der Waals surface area contributed by atoms with E-state index in [1.165, 1.54) is 31.1 Å². The van der Waals surface area contributed by atoms with Gasteiger partial charge in [-0.05, 0) is 77.8 Å². The van der Waals surface area contributed by atoms with Gasteiger partial charge in [0.25, 0.3) is 5.91 Å². The molecule has 6 heteroatoms. The predicted octanol–water partition coefficient (Wildman–Crippen LogP) is 7.43. The van der Waals surface area contributed by atoms with E-state index in [4.69, 9.17) is 9.47 Å². The largest absolute Gasteiger partial charge is 0.494 e. The summed E-state index contributed by atoms with van der Waals surface area (Å²) in [6.45, 7) is 8.19. The zero-order chi connectivity index (χ0) is 29.5. The first kappa shape index (κ1) is 31.7. The van der Waals surface area contributed by atoms with Gasteiger partial charge in [-0.1, -0.05) is 76.4 Å². The van der Waals surface area contributed by atoms with Gasteiger partial charge in [0.2, 0.25) is 0 Å². The van der Waals surface area contributed by atoms with E-state index in [2.05, 4.69) is 55.1 Å². The molecule has 220 valence electrons. The van der Waals surface area contributed by atoms with E-state index < -0.39 is 0 Å². The number of carbonyl (C=O) groups excluding carboxylic acids is 2. The van der Waals surface area contributed by atoms with E-state index in [-0.39, 0.29) is 30.3 Å². The number of aryl methyl sites for hydroxylation is 1. The summed E-state index contributed by atoms with van der Waals surface area (Å²) in [5.74, 6) is 1.20. The molecule has 0 aromatic heterocycles. The van der Waals surface area contributed by atoms with Crippen LogP contribution in [-0.4, -0.2) is 32.1 Å². The van der Waals surface area contributed by atoms with Crippen molar-refractivity contribution in [2.24, 2.45) is 0 Å². The second-order valence-electron chi connectivity index (χ2n) is 11.4. The SMILES string of the molecule is COC(=O)CCNC(=O)c1ccc(CCCCCCCOc2ccc(OCc3ccc(C(C)(C)C)cc3)cc2)cc1. The molecule has 6 nitrogen and oxygen atoms in total. The highest BCUT2D eigenvalue weighted by molar-refractivity contribution is 5.94. The van der Waals surface area contributed by atoms with Crippen LogP contribution >= 0.6 is 0 Å². The molecule has 0 heterocycles. The second-order valence-corrected chi connectivity index (χ2v) is 11.4. The average molecular weight is 560 g/mol. The van der Waals surface area contributed by atoms with Gasteiger partial charge in [0.15, 0.2) is 0 Å². The van der Waals surface area contributed by atoms with E-state index in [1.807, 2.05) is 48.5 Å². The molecule has 0 aliphatic heterocycles. The minimum Gasteiger partial charge on any atom is -0.494 e. The summed E-state index contributed by atoms with van der Waals surface area (Å²) < 4.78 is 16.4. The van der Waals surface area contributed by atoms with Crippen LogP contribution < -0.4 is 14.8 Å². The summed E-state index contributed by atoms with van der Waals surface area (Å²) in [6.07, 6.45) is 6.80. The standard InChI is InChI=1S/C35H45NO5/c1-35(2,3)30-17-13-28(14-18-30)26-41-32-21-19-31(20-22-32)40-25-9-7-5-6-8-10-27-11-15-29(16-12-27)34(38)36-24-23-33(37)39-4/h11-22H,5-10,23-26H2,1-4H3,(H,36,38). The third-order valence-corrected chi connectivity index (χ3v) is 6.99. The summed E-state index contributed by atoms with van der Waals surface area (Å²) >= 11 is 0.